The van der Waals surface area contributed by atoms with E-state index in [4.69, 9.17) is 9.47 Å². The van der Waals surface area contributed by atoms with Gasteiger partial charge in [-0.2, -0.15) is 0 Å². The van der Waals surface area contributed by atoms with E-state index in [0.717, 1.165) is 38.5 Å². The smallest absolute Gasteiger partial charge is 0.427 e. The molecule has 0 aromatic heterocycles. The second-order valence-corrected chi connectivity index (χ2v) is 12.2. The Bertz CT molecular complexity index is 543. The minimum Gasteiger partial charge on any atom is -0.427 e. The number of ether oxygens (including phenoxy) is 2. The van der Waals surface area contributed by atoms with Gasteiger partial charge in [-0.25, -0.2) is 4.79 Å². The molecule has 2 saturated carbocycles. The van der Waals surface area contributed by atoms with Crippen molar-refractivity contribution in [3.8, 4) is 0 Å². The number of aliphatic hydroxyl groups is 2. The van der Waals surface area contributed by atoms with Gasteiger partial charge in [-0.05, 0) is 63.2 Å². The summed E-state index contributed by atoms with van der Waals surface area (Å²) in [7, 11) is 0. The van der Waals surface area contributed by atoms with Crippen molar-refractivity contribution in [2.24, 2.45) is 35.5 Å². The first-order valence-electron chi connectivity index (χ1n) is 13.1. The third kappa shape index (κ3) is 6.62. The van der Waals surface area contributed by atoms with Gasteiger partial charge in [0, 0.05) is 24.7 Å². The molecular weight excluding hydrogens is 404 g/mol. The van der Waals surface area contributed by atoms with Gasteiger partial charge >= 0.3 is 6.16 Å². The molecule has 0 radical (unpaired) electrons. The average molecular weight is 455 g/mol. The van der Waals surface area contributed by atoms with Gasteiger partial charge in [-0.1, -0.05) is 54.4 Å². The monoisotopic (exact) mass is 454 g/mol. The second-order valence-electron chi connectivity index (χ2n) is 12.2. The van der Waals surface area contributed by atoms with Crippen LogP contribution in [-0.4, -0.2) is 39.8 Å². The molecule has 0 saturated heterocycles. The minimum atomic E-state index is -0.712. The molecule has 0 bridgehead atoms. The minimum absolute atomic E-state index is 0.194. The lowest BCUT2D eigenvalue weighted by Crippen LogP contribution is -2.54. The predicted octanol–water partition coefficient (Wildman–Crippen LogP) is 6.34. The summed E-state index contributed by atoms with van der Waals surface area (Å²) in [6.45, 7) is 16.7. The molecule has 2 unspecified atom stereocenters. The summed E-state index contributed by atoms with van der Waals surface area (Å²) in [6, 6.07) is 0. The van der Waals surface area contributed by atoms with Crippen molar-refractivity contribution < 1.29 is 24.5 Å². The Balaban J connectivity index is 2.36. The molecule has 2 N–H and O–H groups in total. The third-order valence-corrected chi connectivity index (χ3v) is 8.14. The highest BCUT2D eigenvalue weighted by Gasteiger charge is 2.52. The van der Waals surface area contributed by atoms with Crippen molar-refractivity contribution in [3.05, 3.63) is 0 Å². The van der Waals surface area contributed by atoms with Crippen LogP contribution in [0.15, 0.2) is 0 Å². The Kier molecular flexibility index (Phi) is 9.50. The molecular formula is C27H50O5. The van der Waals surface area contributed by atoms with Gasteiger partial charge in [-0.3, -0.25) is 0 Å². The molecule has 0 aromatic carbocycles. The third-order valence-electron chi connectivity index (χ3n) is 8.14. The summed E-state index contributed by atoms with van der Waals surface area (Å²) < 4.78 is 12.6. The van der Waals surface area contributed by atoms with Crippen LogP contribution >= 0.6 is 0 Å². The van der Waals surface area contributed by atoms with Crippen LogP contribution in [0.5, 0.6) is 0 Å². The fourth-order valence-corrected chi connectivity index (χ4v) is 7.16. The molecule has 0 spiro atoms. The lowest BCUT2D eigenvalue weighted by atomic mass is 9.64. The number of rotatable bonds is 8. The Morgan fingerprint density at radius 3 is 1.38 bits per heavy atom. The summed E-state index contributed by atoms with van der Waals surface area (Å²) >= 11 is 0. The van der Waals surface area contributed by atoms with Crippen molar-refractivity contribution in [3.63, 3.8) is 0 Å². The van der Waals surface area contributed by atoms with Crippen molar-refractivity contribution >= 4 is 6.16 Å². The highest BCUT2D eigenvalue weighted by molar-refractivity contribution is 5.61. The number of hydrogen-bond donors (Lipinski definition) is 2. The largest absolute Gasteiger partial charge is 0.509 e. The van der Waals surface area contributed by atoms with E-state index in [1.54, 1.807) is 13.8 Å². The summed E-state index contributed by atoms with van der Waals surface area (Å²) in [5, 5.41) is 20.7. The molecule has 2 fully saturated rings. The first-order valence-corrected chi connectivity index (χ1v) is 13.1. The van der Waals surface area contributed by atoms with Crippen molar-refractivity contribution in [1.82, 2.24) is 0 Å². The molecule has 8 atom stereocenters. The Morgan fingerprint density at radius 2 is 1.09 bits per heavy atom. The molecule has 2 aliphatic carbocycles. The molecule has 2 rings (SSSR count). The molecule has 0 aromatic rings. The van der Waals surface area contributed by atoms with Gasteiger partial charge in [0.15, 0.2) is 0 Å². The van der Waals surface area contributed by atoms with Crippen LogP contribution in [0.1, 0.15) is 107 Å². The summed E-state index contributed by atoms with van der Waals surface area (Å²) in [4.78, 5) is 13.5. The van der Waals surface area contributed by atoms with Gasteiger partial charge in [0.25, 0.3) is 0 Å². The van der Waals surface area contributed by atoms with Gasteiger partial charge in [0.2, 0.25) is 0 Å². The molecule has 0 heterocycles. The summed E-state index contributed by atoms with van der Waals surface area (Å²) in [6.07, 6.45) is 4.84. The lowest BCUT2D eigenvalue weighted by molar-refractivity contribution is -0.170. The summed E-state index contributed by atoms with van der Waals surface area (Å²) in [5.41, 5.74) is -1.42. The van der Waals surface area contributed by atoms with E-state index in [1.165, 1.54) is 0 Å². The molecule has 188 valence electrons. The van der Waals surface area contributed by atoms with Crippen LogP contribution in [0.25, 0.3) is 0 Å². The molecule has 5 nitrogen and oxygen atoms in total. The van der Waals surface area contributed by atoms with Crippen molar-refractivity contribution in [2.45, 2.75) is 130 Å². The normalized spacial score (nSPS) is 37.9. The highest BCUT2D eigenvalue weighted by atomic mass is 16.7. The summed E-state index contributed by atoms with van der Waals surface area (Å²) in [5.74, 6) is 1.94. The fraction of sp³-hybridized carbons (Fsp3) is 0.963. The van der Waals surface area contributed by atoms with E-state index < -0.39 is 29.6 Å². The van der Waals surface area contributed by atoms with Crippen LogP contribution in [0.3, 0.4) is 0 Å². The number of hydrogen-bond acceptors (Lipinski definition) is 5. The zero-order valence-corrected chi connectivity index (χ0v) is 21.9. The van der Waals surface area contributed by atoms with E-state index in [-0.39, 0.29) is 11.8 Å². The van der Waals surface area contributed by atoms with Crippen LogP contribution in [-0.2, 0) is 9.47 Å². The maximum atomic E-state index is 13.5. The van der Waals surface area contributed by atoms with E-state index in [1.807, 2.05) is 0 Å². The molecule has 5 heteroatoms. The van der Waals surface area contributed by atoms with E-state index in [0.29, 0.717) is 36.5 Å². The van der Waals surface area contributed by atoms with Gasteiger partial charge in [0.1, 0.15) is 11.2 Å². The Labute approximate surface area is 196 Å². The van der Waals surface area contributed by atoms with E-state index >= 15 is 0 Å². The van der Waals surface area contributed by atoms with Gasteiger partial charge in [0.05, 0.1) is 12.2 Å². The maximum absolute atomic E-state index is 13.5. The quantitative estimate of drug-likeness (QED) is 0.418. The molecule has 0 amide bonds. The van der Waals surface area contributed by atoms with Gasteiger partial charge < -0.3 is 19.7 Å². The fourth-order valence-electron chi connectivity index (χ4n) is 7.16. The van der Waals surface area contributed by atoms with Crippen LogP contribution in [0.4, 0.5) is 4.79 Å². The molecule has 2 aliphatic rings. The predicted molar refractivity (Wildman–Crippen MR) is 128 cm³/mol. The lowest BCUT2D eigenvalue weighted by Gasteiger charge is -2.50. The number of aliphatic hydroxyl groups excluding tert-OH is 2. The number of carbonyl (C=O) groups excluding carboxylic acids is 1. The van der Waals surface area contributed by atoms with Crippen molar-refractivity contribution in [1.29, 1.82) is 0 Å². The Hall–Kier alpha value is -0.810. The standard InChI is InChI=1S/C27H50O5/c1-17(2)23-11-9-19(5)13-26(23,15-21(7)28)31-25(30)32-27(16-22(8)29)14-20(6)10-12-24(27)18(3)4/h17-24,28-29H,9-16H2,1-8H3/t19-,20-,21?,22?,23+,24+,26-,27-/m1/s1. The number of carbonyl (C=O) groups is 1. The zero-order chi connectivity index (χ0) is 24.3. The molecule has 32 heavy (non-hydrogen) atoms. The van der Waals surface area contributed by atoms with E-state index in [9.17, 15) is 15.0 Å². The van der Waals surface area contributed by atoms with Crippen LogP contribution in [0, 0.1) is 35.5 Å². The average Bonchev–Trinajstić information content (AvgIpc) is 2.58. The maximum Gasteiger partial charge on any atom is 0.509 e. The van der Waals surface area contributed by atoms with Gasteiger partial charge in [-0.15, -0.1) is 0 Å². The molecule has 0 aliphatic heterocycles. The first-order chi connectivity index (χ1) is 14.8. The first kappa shape index (κ1) is 27.4. The Morgan fingerprint density at radius 1 is 0.750 bits per heavy atom. The van der Waals surface area contributed by atoms with E-state index in [2.05, 4.69) is 41.5 Å². The topological polar surface area (TPSA) is 76.0 Å². The SMILES string of the molecule is CC(O)C[C@]1(OC(=O)O[C@@]2(CC(C)O)C[C@H](C)CC[C@H]2C(C)C)C[C@H](C)CC[C@H]1C(C)C. The second kappa shape index (κ2) is 11.1. The van der Waals surface area contributed by atoms with Crippen molar-refractivity contribution in [2.75, 3.05) is 0 Å². The zero-order valence-electron chi connectivity index (χ0n) is 21.9. The van der Waals surface area contributed by atoms with Crippen LogP contribution < -0.4 is 0 Å². The van der Waals surface area contributed by atoms with Crippen LogP contribution in [0.2, 0.25) is 0 Å². The highest BCUT2D eigenvalue weighted by Crippen LogP contribution is 2.49.